The number of ketones is 2. The Balaban J connectivity index is 1.51. The molecule has 220 valence electrons. The number of hydrogen-bond acceptors (Lipinski definition) is 10. The van der Waals surface area contributed by atoms with Gasteiger partial charge in [0, 0.05) is 41.5 Å². The summed E-state index contributed by atoms with van der Waals surface area (Å²) in [5, 5.41) is 55.7. The zero-order chi connectivity index (χ0) is 30.0. The number of rotatable bonds is 4. The summed E-state index contributed by atoms with van der Waals surface area (Å²) in [6.45, 7) is 0.468. The molecular formula is C27H26F3NO10. The molecule has 1 heterocycles. The van der Waals surface area contributed by atoms with Crippen LogP contribution < -0.4 is 5.32 Å². The Hall–Kier alpha value is -3.56. The van der Waals surface area contributed by atoms with Gasteiger partial charge in [0.05, 0.1) is 47.7 Å². The third-order valence-electron chi connectivity index (χ3n) is 7.74. The largest absolute Gasteiger partial charge is 0.507 e. The predicted molar refractivity (Wildman–Crippen MR) is 130 cm³/mol. The molecule has 2 aromatic carbocycles. The van der Waals surface area contributed by atoms with Gasteiger partial charge in [-0.15, -0.1) is 0 Å². The van der Waals surface area contributed by atoms with Crippen molar-refractivity contribution in [3.05, 3.63) is 57.6 Å². The van der Waals surface area contributed by atoms with Crippen LogP contribution in [0, 0.1) is 0 Å². The van der Waals surface area contributed by atoms with Gasteiger partial charge in [-0.1, -0.05) is 24.3 Å². The van der Waals surface area contributed by atoms with Gasteiger partial charge in [0.25, 0.3) is 0 Å². The fourth-order valence-corrected chi connectivity index (χ4v) is 5.75. The van der Waals surface area contributed by atoms with Gasteiger partial charge in [0.2, 0.25) is 0 Å². The molecule has 1 saturated heterocycles. The second-order valence-electron chi connectivity index (χ2n) is 10.5. The van der Waals surface area contributed by atoms with Crippen LogP contribution in [0.3, 0.4) is 0 Å². The van der Waals surface area contributed by atoms with Crippen molar-refractivity contribution in [2.75, 3.05) is 6.61 Å². The fourth-order valence-electron chi connectivity index (χ4n) is 5.75. The number of aromatic hydroxyl groups is 2. The van der Waals surface area contributed by atoms with Gasteiger partial charge in [-0.2, -0.15) is 13.2 Å². The van der Waals surface area contributed by atoms with Crippen LogP contribution in [-0.4, -0.2) is 85.9 Å². The highest BCUT2D eigenvalue weighted by atomic mass is 19.4. The number of nitrogens with one attached hydrogen (secondary N) is 1. The molecule has 0 saturated carbocycles. The van der Waals surface area contributed by atoms with Gasteiger partial charge in [-0.3, -0.25) is 14.4 Å². The van der Waals surface area contributed by atoms with E-state index in [2.05, 4.69) is 0 Å². The number of carbonyl (C=O) groups is 3. The summed E-state index contributed by atoms with van der Waals surface area (Å²) in [6.07, 6.45) is -11.9. The lowest BCUT2D eigenvalue weighted by atomic mass is 9.73. The fraction of sp³-hybridized carbons (Fsp3) is 0.444. The van der Waals surface area contributed by atoms with E-state index >= 15 is 0 Å². The molecule has 0 radical (unpaired) electrons. The van der Waals surface area contributed by atoms with Crippen LogP contribution in [0.5, 0.6) is 11.5 Å². The minimum atomic E-state index is -5.19. The van der Waals surface area contributed by atoms with E-state index in [1.54, 1.807) is 5.32 Å². The first-order valence-corrected chi connectivity index (χ1v) is 12.7. The van der Waals surface area contributed by atoms with Crippen LogP contribution >= 0.6 is 0 Å². The van der Waals surface area contributed by atoms with Crippen LogP contribution in [0.4, 0.5) is 13.2 Å². The number of carbonyl (C=O) groups excluding carboxylic acids is 3. The number of aliphatic hydroxyl groups excluding tert-OH is 2. The highest BCUT2D eigenvalue weighted by Gasteiger charge is 2.48. The summed E-state index contributed by atoms with van der Waals surface area (Å²) in [5.41, 5.74) is -3.16. The molecule has 0 bridgehead atoms. The third kappa shape index (κ3) is 4.85. The maximum atomic E-state index is 13.3. The predicted octanol–water partition coefficient (Wildman–Crippen LogP) is 1.14. The van der Waals surface area contributed by atoms with Crippen LogP contribution in [0.1, 0.15) is 68.8 Å². The summed E-state index contributed by atoms with van der Waals surface area (Å²) in [5.74, 6) is -5.12. The van der Waals surface area contributed by atoms with E-state index < -0.39 is 102 Å². The number of phenols is 2. The monoisotopic (exact) mass is 581 g/mol. The molecule has 6 atom stereocenters. The van der Waals surface area contributed by atoms with Crippen molar-refractivity contribution in [1.29, 1.82) is 0 Å². The maximum Gasteiger partial charge on any atom is 0.471 e. The lowest BCUT2D eigenvalue weighted by molar-refractivity contribution is -0.249. The van der Waals surface area contributed by atoms with E-state index in [1.165, 1.54) is 31.2 Å². The number of hydrogen-bond donors (Lipinski definition) is 6. The van der Waals surface area contributed by atoms with Gasteiger partial charge >= 0.3 is 12.1 Å². The van der Waals surface area contributed by atoms with Crippen molar-refractivity contribution in [3.8, 4) is 11.5 Å². The Kier molecular flexibility index (Phi) is 7.11. The van der Waals surface area contributed by atoms with Crippen LogP contribution in [0.2, 0.25) is 0 Å². The van der Waals surface area contributed by atoms with E-state index in [-0.39, 0.29) is 28.7 Å². The molecule has 1 aliphatic heterocycles. The summed E-state index contributed by atoms with van der Waals surface area (Å²) in [4.78, 5) is 38.0. The molecule has 11 nitrogen and oxygen atoms in total. The number of amides is 1. The topological polar surface area (TPSA) is 183 Å². The van der Waals surface area contributed by atoms with Crippen molar-refractivity contribution in [2.24, 2.45) is 0 Å². The van der Waals surface area contributed by atoms with Crippen LogP contribution in [0.15, 0.2) is 24.3 Å². The number of benzene rings is 2. The maximum absolute atomic E-state index is 13.3. The highest BCUT2D eigenvalue weighted by molar-refractivity contribution is 6.30. The molecule has 1 fully saturated rings. The van der Waals surface area contributed by atoms with Crippen molar-refractivity contribution >= 4 is 17.5 Å². The summed E-state index contributed by atoms with van der Waals surface area (Å²) >= 11 is 0. The summed E-state index contributed by atoms with van der Waals surface area (Å²) in [6, 6.07) is 4.39. The van der Waals surface area contributed by atoms with Gasteiger partial charge in [-0.25, -0.2) is 0 Å². The Bertz CT molecular complexity index is 1430. The summed E-state index contributed by atoms with van der Waals surface area (Å²) in [7, 11) is 0. The minimum Gasteiger partial charge on any atom is -0.507 e. The quantitative estimate of drug-likeness (QED) is 0.245. The van der Waals surface area contributed by atoms with Crippen LogP contribution in [-0.2, 0) is 20.7 Å². The number of phenolic OH excluding ortho intramolecular Hbond substituents is 2. The molecular weight excluding hydrogens is 555 g/mol. The molecule has 2 aliphatic carbocycles. The number of alkyl halides is 3. The van der Waals surface area contributed by atoms with Crippen molar-refractivity contribution in [2.45, 2.75) is 68.6 Å². The number of aliphatic hydroxyl groups is 3. The van der Waals surface area contributed by atoms with Crippen molar-refractivity contribution in [1.82, 2.24) is 5.32 Å². The molecule has 3 aliphatic rings. The Morgan fingerprint density at radius 1 is 1.12 bits per heavy atom. The molecule has 1 amide bonds. The second kappa shape index (κ2) is 10.1. The first-order valence-electron chi connectivity index (χ1n) is 12.7. The van der Waals surface area contributed by atoms with Crippen LogP contribution in [0.25, 0.3) is 0 Å². The minimum absolute atomic E-state index is 0.000650. The second-order valence-corrected chi connectivity index (χ2v) is 10.5. The third-order valence-corrected chi connectivity index (χ3v) is 7.74. The normalized spacial score (nSPS) is 29.4. The average molecular weight is 581 g/mol. The van der Waals surface area contributed by atoms with E-state index in [9.17, 15) is 53.1 Å². The lowest BCUT2D eigenvalue weighted by Crippen LogP contribution is -2.58. The summed E-state index contributed by atoms with van der Waals surface area (Å²) < 4.78 is 49.7. The lowest BCUT2D eigenvalue weighted by Gasteiger charge is -2.43. The zero-order valence-corrected chi connectivity index (χ0v) is 21.4. The Labute approximate surface area is 230 Å². The van der Waals surface area contributed by atoms with E-state index in [0.717, 1.165) is 0 Å². The first kappa shape index (κ1) is 29.0. The average Bonchev–Trinajstić information content (AvgIpc) is 2.90. The van der Waals surface area contributed by atoms with Crippen molar-refractivity contribution in [3.63, 3.8) is 0 Å². The highest BCUT2D eigenvalue weighted by Crippen LogP contribution is 2.51. The number of ether oxygens (including phenoxy) is 2. The van der Waals surface area contributed by atoms with E-state index in [4.69, 9.17) is 9.47 Å². The molecule has 14 heteroatoms. The SMILES string of the molecule is CC1O[C@@H](O[C@H]2C[C@](O)(CO)Cc3c(O)c4c(c(O)c32)C(=O)c2ccccc2C4=O)C[C@@H](O)[C@@H]1NC(=O)C(F)(F)F. The number of halogens is 3. The van der Waals surface area contributed by atoms with Crippen molar-refractivity contribution < 1.29 is 62.6 Å². The molecule has 6 N–H and O–H groups in total. The number of fused-ring (bicyclic) bond motifs is 3. The Morgan fingerprint density at radius 2 is 1.71 bits per heavy atom. The Morgan fingerprint density at radius 3 is 2.24 bits per heavy atom. The van der Waals surface area contributed by atoms with Gasteiger partial charge in [0.15, 0.2) is 17.9 Å². The van der Waals surface area contributed by atoms with Gasteiger partial charge in [0.1, 0.15) is 11.5 Å². The molecule has 5 rings (SSSR count). The molecule has 0 spiro atoms. The molecule has 41 heavy (non-hydrogen) atoms. The van der Waals surface area contributed by atoms with Gasteiger partial charge < -0.3 is 40.3 Å². The van der Waals surface area contributed by atoms with E-state index in [0.29, 0.717) is 0 Å². The standard InChI is InChI=1S/C27H26F3NO10/c1-10-20(31-25(38)27(28,29)30)14(33)6-16(40-10)41-15-8-26(39,9-32)7-13-17(15)24(37)19-18(23(13)36)21(34)11-4-2-3-5-12(11)22(19)35/h2-5,10,14-16,20,32-33,36-37,39H,6-9H2,1H3,(H,31,38)/t10?,14-,15+,16+,20-,26+/m1/s1. The first-order chi connectivity index (χ1) is 19.2. The van der Waals surface area contributed by atoms with E-state index in [1.807, 2.05) is 0 Å². The smallest absolute Gasteiger partial charge is 0.471 e. The zero-order valence-electron chi connectivity index (χ0n) is 21.4. The molecule has 1 unspecified atom stereocenters. The molecule has 0 aromatic heterocycles. The molecule has 2 aromatic rings. The van der Waals surface area contributed by atoms with Gasteiger partial charge in [-0.05, 0) is 6.92 Å².